The third-order valence-corrected chi connectivity index (χ3v) is 9.23. The van der Waals surface area contributed by atoms with Gasteiger partial charge < -0.3 is 57.4 Å². The molecule has 20 heteroatoms. The molecule has 5 amide bonds. The number of fused-ring (bicyclic) bond motifs is 1. The lowest BCUT2D eigenvalue weighted by atomic mass is 10.0. The number of nitrogens with one attached hydrogen (secondary N) is 2. The van der Waals surface area contributed by atoms with E-state index in [9.17, 15) is 28.8 Å². The summed E-state index contributed by atoms with van der Waals surface area (Å²) in [5.74, 6) is -2.93. The zero-order valence-electron chi connectivity index (χ0n) is 36.7. The third-order valence-electron chi connectivity index (χ3n) is 9.23. The fourth-order valence-electron chi connectivity index (χ4n) is 6.07. The number of imide groups is 2. The van der Waals surface area contributed by atoms with Crippen LogP contribution in [-0.4, -0.2) is 185 Å². The monoisotopic (exact) mass is 897 g/mol. The molecule has 0 aromatic heterocycles. The molecular weight excluding hydrogens is 830 g/mol. The minimum atomic E-state index is -1.08. The Hall–Kier alpha value is -3.96. The van der Waals surface area contributed by atoms with Crippen LogP contribution in [-0.2, 0) is 71.3 Å². The fraction of sp³-hybridized carbons (Fsp3) is 0.721. The molecule has 1 aromatic carbocycles. The van der Waals surface area contributed by atoms with Gasteiger partial charge in [-0.05, 0) is 37.8 Å². The van der Waals surface area contributed by atoms with Crippen molar-refractivity contribution < 1.29 is 80.9 Å². The van der Waals surface area contributed by atoms with Gasteiger partial charge in [0.2, 0.25) is 17.7 Å². The van der Waals surface area contributed by atoms with Crippen LogP contribution in [0.25, 0.3) is 0 Å². The fourth-order valence-corrected chi connectivity index (χ4v) is 6.07. The number of hydrogen-bond acceptors (Lipinski definition) is 17. The van der Waals surface area contributed by atoms with Gasteiger partial charge in [-0.25, -0.2) is 0 Å². The molecule has 1 atom stereocenters. The van der Waals surface area contributed by atoms with E-state index in [4.69, 9.17) is 52.1 Å². The van der Waals surface area contributed by atoms with Crippen molar-refractivity contribution in [2.75, 3.05) is 144 Å². The lowest BCUT2D eigenvalue weighted by Gasteiger charge is -2.27. The molecule has 0 aliphatic carbocycles. The molecule has 63 heavy (non-hydrogen) atoms. The highest BCUT2D eigenvalue weighted by molar-refractivity contribution is 6.26. The quantitative estimate of drug-likeness (QED) is 0.0546. The van der Waals surface area contributed by atoms with Gasteiger partial charge in [-0.2, -0.15) is 0 Å². The van der Waals surface area contributed by atoms with Gasteiger partial charge in [-0.3, -0.25) is 39.0 Å². The number of anilines is 1. The first kappa shape index (κ1) is 53.4. The molecule has 0 saturated carbocycles. The Morgan fingerprint density at radius 2 is 1.05 bits per heavy atom. The summed E-state index contributed by atoms with van der Waals surface area (Å²) in [6.45, 7) is 11.3. The molecule has 356 valence electrons. The second-order valence-electron chi connectivity index (χ2n) is 14.1. The number of ether oxygens (including phenoxy) is 11. The molecule has 2 aliphatic heterocycles. The lowest BCUT2D eigenvalue weighted by molar-refractivity contribution is -0.145. The van der Waals surface area contributed by atoms with Crippen molar-refractivity contribution in [2.24, 2.45) is 0 Å². The number of nitrogens with zero attached hydrogens (tertiary/aromatic N) is 1. The predicted octanol–water partition coefficient (Wildman–Crippen LogP) is 2.10. The van der Waals surface area contributed by atoms with Crippen LogP contribution in [0.15, 0.2) is 18.2 Å². The second kappa shape index (κ2) is 34.4. The molecule has 1 unspecified atom stereocenters. The molecule has 1 aromatic rings. The Labute approximate surface area is 369 Å². The van der Waals surface area contributed by atoms with E-state index in [2.05, 4.69) is 10.6 Å². The van der Waals surface area contributed by atoms with Gasteiger partial charge in [0.25, 0.3) is 11.8 Å². The lowest BCUT2D eigenvalue weighted by Crippen LogP contribution is -2.54. The maximum absolute atomic E-state index is 13.2. The van der Waals surface area contributed by atoms with Gasteiger partial charge in [0.05, 0.1) is 142 Å². The Kier molecular flexibility index (Phi) is 29.2. The average Bonchev–Trinajstić information content (AvgIpc) is 3.52. The minimum Gasteiger partial charge on any atom is -0.463 e. The van der Waals surface area contributed by atoms with Crippen LogP contribution in [0.4, 0.5) is 5.69 Å². The van der Waals surface area contributed by atoms with Crippen molar-refractivity contribution in [3.8, 4) is 0 Å². The Morgan fingerprint density at radius 1 is 0.587 bits per heavy atom. The van der Waals surface area contributed by atoms with Crippen LogP contribution in [0.1, 0.15) is 79.0 Å². The highest BCUT2D eigenvalue weighted by Crippen LogP contribution is 2.32. The summed E-state index contributed by atoms with van der Waals surface area (Å²) in [7, 11) is 0. The van der Waals surface area contributed by atoms with Gasteiger partial charge in [0.15, 0.2) is 0 Å². The third kappa shape index (κ3) is 23.0. The normalized spacial score (nSPS) is 14.9. The summed E-state index contributed by atoms with van der Waals surface area (Å²) >= 11 is 0. The molecule has 2 N–H and O–H groups in total. The Bertz CT molecular complexity index is 1500. The Morgan fingerprint density at radius 3 is 1.51 bits per heavy atom. The van der Waals surface area contributed by atoms with E-state index in [1.165, 1.54) is 6.07 Å². The summed E-state index contributed by atoms with van der Waals surface area (Å²) in [5.41, 5.74) is 0.372. The maximum Gasteiger partial charge on any atom is 0.305 e. The number of esters is 1. The average molecular weight is 898 g/mol. The smallest absolute Gasteiger partial charge is 0.305 e. The molecule has 0 bridgehead atoms. The molecule has 1 fully saturated rings. The summed E-state index contributed by atoms with van der Waals surface area (Å²) in [5, 5.41) is 4.90. The molecule has 2 aliphatic rings. The number of piperidine rings is 1. The Balaban J connectivity index is 0.987. The topological polar surface area (TPSA) is 231 Å². The summed E-state index contributed by atoms with van der Waals surface area (Å²) < 4.78 is 59.8. The molecule has 20 nitrogen and oxygen atoms in total. The van der Waals surface area contributed by atoms with Crippen molar-refractivity contribution in [2.45, 2.75) is 64.3 Å². The van der Waals surface area contributed by atoms with Crippen LogP contribution >= 0.6 is 0 Å². The zero-order valence-corrected chi connectivity index (χ0v) is 36.7. The summed E-state index contributed by atoms with van der Waals surface area (Å²) in [6.07, 6.45) is 3.63. The van der Waals surface area contributed by atoms with E-state index in [1.54, 1.807) is 12.1 Å². The second-order valence-corrected chi connectivity index (χ2v) is 14.1. The van der Waals surface area contributed by atoms with Crippen molar-refractivity contribution >= 4 is 41.2 Å². The predicted molar refractivity (Wildman–Crippen MR) is 224 cm³/mol. The standard InChI is InChI=1S/C43H67N3O17/c1-2-7-39(49)63-33-32-62-31-30-61-29-28-60-27-26-59-25-24-58-23-22-57-21-20-56-19-18-55-17-16-54-15-14-53-13-5-3-4-10-37(47)44-35-9-6-8-34-40(35)43(52)46(42(34)51)36-11-12-38(48)45-41(36)50/h6,8-9,36H,2-5,7,10-33H2,1H3,(H,44,47)(H,45,48,50). The number of amides is 5. The number of carbonyl (C=O) groups excluding carboxylic acids is 6. The molecule has 0 radical (unpaired) electrons. The van der Waals surface area contributed by atoms with Crippen LogP contribution in [0.5, 0.6) is 0 Å². The van der Waals surface area contributed by atoms with Gasteiger partial charge in [-0.15, -0.1) is 0 Å². The number of benzene rings is 1. The molecule has 0 spiro atoms. The molecule has 1 saturated heterocycles. The van der Waals surface area contributed by atoms with Crippen molar-refractivity contribution in [3.63, 3.8) is 0 Å². The van der Waals surface area contributed by atoms with Crippen LogP contribution < -0.4 is 10.6 Å². The molecule has 2 heterocycles. The van der Waals surface area contributed by atoms with E-state index in [1.807, 2.05) is 6.92 Å². The van der Waals surface area contributed by atoms with Crippen LogP contribution in [0.2, 0.25) is 0 Å². The van der Waals surface area contributed by atoms with Gasteiger partial charge in [-0.1, -0.05) is 19.4 Å². The van der Waals surface area contributed by atoms with Crippen molar-refractivity contribution in [1.29, 1.82) is 0 Å². The largest absolute Gasteiger partial charge is 0.463 e. The number of rotatable bonds is 40. The first-order valence-corrected chi connectivity index (χ1v) is 21.9. The summed E-state index contributed by atoms with van der Waals surface area (Å²) in [6, 6.07) is 3.52. The number of carbonyl (C=O) groups is 6. The number of unbranched alkanes of at least 4 members (excludes halogenated alkanes) is 2. The summed E-state index contributed by atoms with van der Waals surface area (Å²) in [4.78, 5) is 74.8. The molecular formula is C43H67N3O17. The first-order chi connectivity index (χ1) is 30.8. The molecule has 3 rings (SSSR count). The number of hydrogen-bond donors (Lipinski definition) is 2. The highest BCUT2D eigenvalue weighted by atomic mass is 16.6. The van der Waals surface area contributed by atoms with Crippen LogP contribution in [0.3, 0.4) is 0 Å². The van der Waals surface area contributed by atoms with E-state index in [-0.39, 0.29) is 54.6 Å². The zero-order chi connectivity index (χ0) is 45.2. The van der Waals surface area contributed by atoms with Crippen molar-refractivity contribution in [1.82, 2.24) is 10.2 Å². The van der Waals surface area contributed by atoms with E-state index in [0.717, 1.165) is 24.2 Å². The van der Waals surface area contributed by atoms with Gasteiger partial charge in [0.1, 0.15) is 12.6 Å². The first-order valence-electron chi connectivity index (χ1n) is 21.9. The SMILES string of the molecule is CCCC(=O)OCCOCCOCCOCCOCCOCCOCCOCCOCCOCCOCCCCCC(=O)Nc1cccc2c1C(=O)N(C1CCC(=O)NC1=O)C2=O. The van der Waals surface area contributed by atoms with E-state index < -0.39 is 29.7 Å². The van der Waals surface area contributed by atoms with Gasteiger partial charge >= 0.3 is 5.97 Å². The van der Waals surface area contributed by atoms with E-state index in [0.29, 0.717) is 145 Å². The van der Waals surface area contributed by atoms with Crippen LogP contribution in [0, 0.1) is 0 Å². The van der Waals surface area contributed by atoms with Crippen molar-refractivity contribution in [3.05, 3.63) is 29.3 Å². The minimum absolute atomic E-state index is 0.0253. The van der Waals surface area contributed by atoms with E-state index >= 15 is 0 Å². The van der Waals surface area contributed by atoms with Gasteiger partial charge in [0, 0.05) is 25.9 Å². The highest BCUT2D eigenvalue weighted by Gasteiger charge is 2.45. The maximum atomic E-state index is 13.2.